The van der Waals surface area contributed by atoms with Crippen molar-refractivity contribution in [2.24, 2.45) is 0 Å². The van der Waals surface area contributed by atoms with Crippen LogP contribution < -0.4 is 10.2 Å². The zero-order chi connectivity index (χ0) is 24.1. The molecular formula is C25H30N6O3. The quantitative estimate of drug-likeness (QED) is 0.580. The van der Waals surface area contributed by atoms with Crippen molar-refractivity contribution in [3.63, 3.8) is 0 Å². The average Bonchev–Trinajstić information content (AvgIpc) is 3.02. The Labute approximate surface area is 199 Å². The summed E-state index contributed by atoms with van der Waals surface area (Å²) >= 11 is 0. The molecule has 1 aromatic carbocycles. The molecule has 3 heterocycles. The highest BCUT2D eigenvalue weighted by Gasteiger charge is 2.21. The van der Waals surface area contributed by atoms with Crippen molar-refractivity contribution >= 4 is 23.5 Å². The monoisotopic (exact) mass is 462 g/mol. The van der Waals surface area contributed by atoms with Crippen LogP contribution in [0.3, 0.4) is 0 Å². The fraction of sp³-hybridized carbons (Fsp3) is 0.360. The third-order valence-corrected chi connectivity index (χ3v) is 5.75. The summed E-state index contributed by atoms with van der Waals surface area (Å²) in [5.74, 6) is 0.409. The predicted molar refractivity (Wildman–Crippen MR) is 131 cm³/mol. The number of carbonyl (C=O) groups excluding carboxylic acids is 2. The lowest BCUT2D eigenvalue weighted by Crippen LogP contribution is -2.38. The Morgan fingerprint density at radius 1 is 1.06 bits per heavy atom. The molecule has 0 aliphatic carbocycles. The summed E-state index contributed by atoms with van der Waals surface area (Å²) in [6, 6.07) is 13.1. The number of hydrogen-bond acceptors (Lipinski definition) is 6. The maximum atomic E-state index is 13.1. The summed E-state index contributed by atoms with van der Waals surface area (Å²) in [4.78, 5) is 33.4. The van der Waals surface area contributed by atoms with Crippen LogP contribution in [-0.4, -0.2) is 64.5 Å². The Kier molecular flexibility index (Phi) is 7.10. The summed E-state index contributed by atoms with van der Waals surface area (Å²) in [7, 11) is 0. The third kappa shape index (κ3) is 5.19. The first-order chi connectivity index (χ1) is 16.5. The number of carbonyl (C=O) groups is 2. The minimum Gasteiger partial charge on any atom is -0.462 e. The molecule has 4 rings (SSSR count). The number of pyridine rings is 1. The maximum Gasteiger partial charge on any atom is 0.339 e. The zero-order valence-electron chi connectivity index (χ0n) is 19.8. The lowest BCUT2D eigenvalue weighted by molar-refractivity contribution is 0.0526. The van der Waals surface area contributed by atoms with E-state index >= 15 is 0 Å². The molecular weight excluding hydrogens is 432 g/mol. The van der Waals surface area contributed by atoms with E-state index < -0.39 is 0 Å². The minimum atomic E-state index is -0.374. The molecule has 0 unspecified atom stereocenters. The van der Waals surface area contributed by atoms with E-state index in [1.54, 1.807) is 19.2 Å². The van der Waals surface area contributed by atoms with E-state index in [9.17, 15) is 9.59 Å². The summed E-state index contributed by atoms with van der Waals surface area (Å²) < 4.78 is 6.87. The van der Waals surface area contributed by atoms with Gasteiger partial charge in [-0.2, -0.15) is 5.10 Å². The highest BCUT2D eigenvalue weighted by molar-refractivity contribution is 5.91. The number of nitrogens with one attached hydrogen (secondary N) is 1. The smallest absolute Gasteiger partial charge is 0.339 e. The molecule has 34 heavy (non-hydrogen) atoms. The molecule has 0 radical (unpaired) electrons. The average molecular weight is 463 g/mol. The molecule has 1 aliphatic heterocycles. The second-order valence-electron chi connectivity index (χ2n) is 8.24. The van der Waals surface area contributed by atoms with E-state index in [-0.39, 0.29) is 12.0 Å². The molecule has 1 aliphatic rings. The van der Waals surface area contributed by atoms with Crippen molar-refractivity contribution in [3.05, 3.63) is 65.6 Å². The number of esters is 1. The van der Waals surface area contributed by atoms with Crippen molar-refractivity contribution < 1.29 is 14.3 Å². The number of ether oxygens (including phenoxy) is 1. The van der Waals surface area contributed by atoms with Crippen LogP contribution in [0.2, 0.25) is 0 Å². The molecule has 9 nitrogen and oxygen atoms in total. The van der Waals surface area contributed by atoms with Crippen LogP contribution >= 0.6 is 0 Å². The molecule has 9 heteroatoms. The highest BCUT2D eigenvalue weighted by atomic mass is 16.5. The van der Waals surface area contributed by atoms with Gasteiger partial charge in [0.1, 0.15) is 5.82 Å². The van der Waals surface area contributed by atoms with Gasteiger partial charge in [-0.1, -0.05) is 12.1 Å². The minimum absolute atomic E-state index is 0.138. The van der Waals surface area contributed by atoms with Crippen LogP contribution in [-0.2, 0) is 4.74 Å². The first-order valence-corrected chi connectivity index (χ1v) is 11.5. The van der Waals surface area contributed by atoms with Crippen molar-refractivity contribution in [2.45, 2.75) is 27.2 Å². The Bertz CT molecular complexity index is 1160. The maximum absolute atomic E-state index is 13.1. The van der Waals surface area contributed by atoms with Gasteiger partial charge in [0.25, 0.3) is 0 Å². The standard InChI is InChI=1S/C25H30N6O3/c1-4-34-24(32)20-10-11-23(26-17-20)29-12-7-13-30(15-14-29)25(33)27-21-8-5-6-9-22(21)31-19(3)16-18(2)28-31/h5-6,8-11,16-17H,4,7,12-15H2,1-3H3,(H,27,33). The lowest BCUT2D eigenvalue weighted by Gasteiger charge is -2.23. The molecule has 0 bridgehead atoms. The number of benzene rings is 1. The Morgan fingerprint density at radius 3 is 2.59 bits per heavy atom. The Balaban J connectivity index is 1.41. The van der Waals surface area contributed by atoms with E-state index in [0.717, 1.165) is 41.5 Å². The van der Waals surface area contributed by atoms with Crippen LogP contribution in [0.25, 0.3) is 5.69 Å². The second kappa shape index (κ2) is 10.4. The first-order valence-electron chi connectivity index (χ1n) is 11.5. The van der Waals surface area contributed by atoms with Crippen LogP contribution in [0.4, 0.5) is 16.3 Å². The predicted octanol–water partition coefficient (Wildman–Crippen LogP) is 3.81. The van der Waals surface area contributed by atoms with E-state index in [0.29, 0.717) is 31.8 Å². The largest absolute Gasteiger partial charge is 0.462 e. The number of aromatic nitrogens is 3. The molecule has 2 aromatic heterocycles. The number of rotatable bonds is 5. The van der Waals surface area contributed by atoms with Gasteiger partial charge >= 0.3 is 12.0 Å². The fourth-order valence-electron chi connectivity index (χ4n) is 4.09. The number of nitrogens with zero attached hydrogens (tertiary/aromatic N) is 5. The van der Waals surface area contributed by atoms with Crippen molar-refractivity contribution in [2.75, 3.05) is 43.0 Å². The van der Waals surface area contributed by atoms with Gasteiger partial charge in [0, 0.05) is 38.1 Å². The van der Waals surface area contributed by atoms with Crippen LogP contribution in [0.5, 0.6) is 0 Å². The van der Waals surface area contributed by atoms with Gasteiger partial charge in [-0.15, -0.1) is 0 Å². The number of hydrogen-bond donors (Lipinski definition) is 1. The molecule has 0 spiro atoms. The zero-order valence-corrected chi connectivity index (χ0v) is 19.8. The van der Waals surface area contributed by atoms with Gasteiger partial charge in [-0.05, 0) is 57.5 Å². The molecule has 1 fully saturated rings. The number of amides is 2. The first kappa shape index (κ1) is 23.3. The van der Waals surface area contributed by atoms with E-state index in [2.05, 4.69) is 20.3 Å². The van der Waals surface area contributed by atoms with Gasteiger partial charge < -0.3 is 19.9 Å². The summed E-state index contributed by atoms with van der Waals surface area (Å²) in [6.45, 7) is 8.69. The molecule has 0 atom stereocenters. The molecule has 0 saturated carbocycles. The lowest BCUT2D eigenvalue weighted by atomic mass is 10.2. The third-order valence-electron chi connectivity index (χ3n) is 5.75. The summed E-state index contributed by atoms with van der Waals surface area (Å²) in [5, 5.41) is 7.63. The van der Waals surface area contributed by atoms with Crippen molar-refractivity contribution in [1.82, 2.24) is 19.7 Å². The number of anilines is 2. The van der Waals surface area contributed by atoms with Gasteiger partial charge in [0.05, 0.1) is 29.2 Å². The fourth-order valence-corrected chi connectivity index (χ4v) is 4.09. The number of aryl methyl sites for hydroxylation is 2. The van der Waals surface area contributed by atoms with Crippen molar-refractivity contribution in [1.29, 1.82) is 0 Å². The highest BCUT2D eigenvalue weighted by Crippen LogP contribution is 2.22. The van der Waals surface area contributed by atoms with Gasteiger partial charge in [-0.25, -0.2) is 19.3 Å². The van der Waals surface area contributed by atoms with E-state index in [1.807, 2.05) is 59.8 Å². The van der Waals surface area contributed by atoms with E-state index in [1.165, 1.54) is 0 Å². The molecule has 3 aromatic rings. The Morgan fingerprint density at radius 2 is 1.88 bits per heavy atom. The van der Waals surface area contributed by atoms with E-state index in [4.69, 9.17) is 4.74 Å². The van der Waals surface area contributed by atoms with Gasteiger partial charge in [0.15, 0.2) is 0 Å². The molecule has 1 N–H and O–H groups in total. The topological polar surface area (TPSA) is 92.6 Å². The second-order valence-corrected chi connectivity index (χ2v) is 8.24. The summed E-state index contributed by atoms with van der Waals surface area (Å²) in [5.41, 5.74) is 3.92. The van der Waals surface area contributed by atoms with Crippen molar-refractivity contribution in [3.8, 4) is 5.69 Å². The van der Waals surface area contributed by atoms with Crippen LogP contribution in [0.1, 0.15) is 35.1 Å². The van der Waals surface area contributed by atoms with Gasteiger partial charge in [-0.3, -0.25) is 0 Å². The SMILES string of the molecule is CCOC(=O)c1ccc(N2CCCN(C(=O)Nc3ccccc3-n3nc(C)cc3C)CC2)nc1. The van der Waals surface area contributed by atoms with Crippen LogP contribution in [0.15, 0.2) is 48.7 Å². The molecule has 178 valence electrons. The number of urea groups is 1. The number of para-hydroxylation sites is 2. The Hall–Kier alpha value is -3.88. The molecule has 1 saturated heterocycles. The molecule has 2 amide bonds. The van der Waals surface area contributed by atoms with Gasteiger partial charge in [0.2, 0.25) is 0 Å². The normalized spacial score (nSPS) is 14.0. The summed E-state index contributed by atoms with van der Waals surface area (Å²) in [6.07, 6.45) is 2.35. The van der Waals surface area contributed by atoms with Crippen LogP contribution in [0, 0.1) is 13.8 Å².